The normalized spacial score (nSPS) is 10.5. The number of carbonyl (C=O) groups is 2. The Hall–Kier alpha value is -1.11. The molecule has 4 nitrogen and oxygen atoms in total. The van der Waals surface area contributed by atoms with E-state index in [0.29, 0.717) is 18.5 Å². The van der Waals surface area contributed by atoms with Crippen LogP contribution in [0.3, 0.4) is 0 Å². The average molecular weight is 375 g/mol. The molecule has 1 N–H and O–H groups in total. The van der Waals surface area contributed by atoms with Gasteiger partial charge in [-0.25, -0.2) is 0 Å². The van der Waals surface area contributed by atoms with Crippen molar-refractivity contribution in [1.29, 1.82) is 0 Å². The molecule has 5 heteroatoms. The number of carbonyl (C=O) groups excluding carboxylic acids is 1. The molecule has 0 saturated heterocycles. The molecule has 1 aromatic carbocycles. The third-order valence-electron chi connectivity index (χ3n) is 2.77. The Morgan fingerprint density at radius 1 is 1.26 bits per heavy atom. The van der Waals surface area contributed by atoms with Crippen molar-refractivity contribution in [3.8, 4) is 0 Å². The van der Waals surface area contributed by atoms with E-state index in [1.807, 2.05) is 26.0 Å². The molecule has 0 atom stereocenters. The highest BCUT2D eigenvalue weighted by Crippen LogP contribution is 2.12. The fourth-order valence-electron chi connectivity index (χ4n) is 1.75. The Balaban J connectivity index is 2.72. The number of hydrogen-bond donors (Lipinski definition) is 1. The second-order valence-corrected chi connectivity index (χ2v) is 5.84. The van der Waals surface area contributed by atoms with E-state index in [2.05, 4.69) is 22.6 Å². The maximum atomic E-state index is 12.3. The molecule has 0 fully saturated rings. The molecule has 0 aliphatic carbocycles. The van der Waals surface area contributed by atoms with Crippen LogP contribution in [0.25, 0.3) is 0 Å². The number of rotatable bonds is 6. The summed E-state index contributed by atoms with van der Waals surface area (Å²) >= 11 is 2.19. The third kappa shape index (κ3) is 5.18. The fourth-order valence-corrected chi connectivity index (χ4v) is 2.11. The first-order valence-corrected chi connectivity index (χ1v) is 7.28. The van der Waals surface area contributed by atoms with Gasteiger partial charge in [-0.2, -0.15) is 0 Å². The molecular weight excluding hydrogens is 357 g/mol. The van der Waals surface area contributed by atoms with Gasteiger partial charge in [0.2, 0.25) is 0 Å². The van der Waals surface area contributed by atoms with Crippen LogP contribution in [0.15, 0.2) is 24.3 Å². The summed E-state index contributed by atoms with van der Waals surface area (Å²) < 4.78 is 1.08. The largest absolute Gasteiger partial charge is 0.481 e. The summed E-state index contributed by atoms with van der Waals surface area (Å²) in [6, 6.07) is 7.45. The van der Waals surface area contributed by atoms with Crippen molar-refractivity contribution in [3.63, 3.8) is 0 Å². The number of carboxylic acid groups (broad SMARTS) is 1. The van der Waals surface area contributed by atoms with Gasteiger partial charge in [-0.3, -0.25) is 9.59 Å². The minimum Gasteiger partial charge on any atom is -0.481 e. The van der Waals surface area contributed by atoms with Gasteiger partial charge in [0.1, 0.15) is 0 Å². The molecular formula is C14H18INO3. The number of carboxylic acids is 1. The van der Waals surface area contributed by atoms with E-state index in [4.69, 9.17) is 5.11 Å². The topological polar surface area (TPSA) is 57.6 Å². The van der Waals surface area contributed by atoms with Crippen molar-refractivity contribution in [3.05, 3.63) is 33.4 Å². The standard InChI is InChI=1S/C14H18INO3/c1-10(2)16(9-3-4-13(17)18)14(19)11-5-7-12(15)8-6-11/h5-8,10H,3-4,9H2,1-2H3,(H,17,18). The molecule has 1 aromatic rings. The predicted molar refractivity (Wildman–Crippen MR) is 82.2 cm³/mol. The lowest BCUT2D eigenvalue weighted by molar-refractivity contribution is -0.137. The minimum absolute atomic E-state index is 0.0446. The highest BCUT2D eigenvalue weighted by Gasteiger charge is 2.18. The van der Waals surface area contributed by atoms with Crippen molar-refractivity contribution in [2.24, 2.45) is 0 Å². The van der Waals surface area contributed by atoms with E-state index >= 15 is 0 Å². The minimum atomic E-state index is -0.828. The van der Waals surface area contributed by atoms with Crippen LogP contribution >= 0.6 is 22.6 Å². The molecule has 0 saturated carbocycles. The van der Waals surface area contributed by atoms with Gasteiger partial charge in [0.25, 0.3) is 5.91 Å². The first kappa shape index (κ1) is 15.9. The van der Waals surface area contributed by atoms with Crippen molar-refractivity contribution < 1.29 is 14.7 Å². The maximum Gasteiger partial charge on any atom is 0.303 e. The van der Waals surface area contributed by atoms with E-state index < -0.39 is 5.97 Å². The molecule has 1 amide bonds. The van der Waals surface area contributed by atoms with Crippen LogP contribution < -0.4 is 0 Å². The van der Waals surface area contributed by atoms with Crippen LogP contribution in [0.4, 0.5) is 0 Å². The number of aliphatic carboxylic acids is 1. The second-order valence-electron chi connectivity index (χ2n) is 4.60. The zero-order chi connectivity index (χ0) is 14.4. The Kier molecular flexibility index (Phi) is 6.27. The van der Waals surface area contributed by atoms with Crippen LogP contribution in [-0.4, -0.2) is 34.5 Å². The molecule has 0 radical (unpaired) electrons. The second kappa shape index (κ2) is 7.47. The first-order valence-electron chi connectivity index (χ1n) is 6.20. The molecule has 0 bridgehead atoms. The lowest BCUT2D eigenvalue weighted by Crippen LogP contribution is -2.37. The molecule has 104 valence electrons. The summed E-state index contributed by atoms with van der Waals surface area (Å²) in [4.78, 5) is 24.6. The zero-order valence-electron chi connectivity index (χ0n) is 11.1. The fraction of sp³-hybridized carbons (Fsp3) is 0.429. The van der Waals surface area contributed by atoms with E-state index in [1.165, 1.54) is 0 Å². The van der Waals surface area contributed by atoms with Crippen molar-refractivity contribution in [1.82, 2.24) is 4.90 Å². The Morgan fingerprint density at radius 2 is 1.84 bits per heavy atom. The molecule has 0 spiro atoms. The van der Waals surface area contributed by atoms with E-state index in [0.717, 1.165) is 3.57 Å². The van der Waals surface area contributed by atoms with Crippen LogP contribution in [0.5, 0.6) is 0 Å². The lowest BCUT2D eigenvalue weighted by Gasteiger charge is -2.26. The summed E-state index contributed by atoms with van der Waals surface area (Å²) in [6.45, 7) is 4.34. The van der Waals surface area contributed by atoms with Crippen molar-refractivity contribution >= 4 is 34.5 Å². The van der Waals surface area contributed by atoms with Gasteiger partial charge in [-0.05, 0) is 67.1 Å². The molecule has 19 heavy (non-hydrogen) atoms. The van der Waals surface area contributed by atoms with Gasteiger partial charge >= 0.3 is 5.97 Å². The lowest BCUT2D eigenvalue weighted by atomic mass is 10.1. The molecule has 0 unspecified atom stereocenters. The highest BCUT2D eigenvalue weighted by molar-refractivity contribution is 14.1. The van der Waals surface area contributed by atoms with E-state index in [1.54, 1.807) is 17.0 Å². The maximum absolute atomic E-state index is 12.3. The Labute approximate surface area is 126 Å². The summed E-state index contributed by atoms with van der Waals surface area (Å²) in [5.74, 6) is -0.873. The smallest absolute Gasteiger partial charge is 0.303 e. The molecule has 1 rings (SSSR count). The molecule has 0 aliphatic rings. The number of benzene rings is 1. The predicted octanol–water partition coefficient (Wildman–Crippen LogP) is 3.01. The third-order valence-corrected chi connectivity index (χ3v) is 3.48. The van der Waals surface area contributed by atoms with Gasteiger partial charge in [0, 0.05) is 28.1 Å². The summed E-state index contributed by atoms with van der Waals surface area (Å²) in [7, 11) is 0. The van der Waals surface area contributed by atoms with Gasteiger partial charge < -0.3 is 10.0 Å². The van der Waals surface area contributed by atoms with Crippen LogP contribution in [-0.2, 0) is 4.79 Å². The summed E-state index contributed by atoms with van der Waals surface area (Å²) in [5.41, 5.74) is 0.643. The summed E-state index contributed by atoms with van der Waals surface area (Å²) in [5, 5.41) is 8.65. The SMILES string of the molecule is CC(C)N(CCCC(=O)O)C(=O)c1ccc(I)cc1. The Bertz CT molecular complexity index is 443. The number of amides is 1. The highest BCUT2D eigenvalue weighted by atomic mass is 127. The van der Waals surface area contributed by atoms with E-state index in [-0.39, 0.29) is 18.4 Å². The number of halogens is 1. The zero-order valence-corrected chi connectivity index (χ0v) is 13.3. The van der Waals surface area contributed by atoms with Gasteiger partial charge in [-0.15, -0.1) is 0 Å². The van der Waals surface area contributed by atoms with Crippen LogP contribution in [0.2, 0.25) is 0 Å². The van der Waals surface area contributed by atoms with Crippen molar-refractivity contribution in [2.75, 3.05) is 6.54 Å². The van der Waals surface area contributed by atoms with Crippen LogP contribution in [0, 0.1) is 3.57 Å². The first-order chi connectivity index (χ1) is 8.91. The summed E-state index contributed by atoms with van der Waals surface area (Å²) in [6.07, 6.45) is 0.562. The molecule has 0 aliphatic heterocycles. The van der Waals surface area contributed by atoms with Gasteiger partial charge in [-0.1, -0.05) is 0 Å². The quantitative estimate of drug-likeness (QED) is 0.778. The van der Waals surface area contributed by atoms with Crippen LogP contribution in [0.1, 0.15) is 37.0 Å². The molecule has 0 heterocycles. The molecule has 0 aromatic heterocycles. The van der Waals surface area contributed by atoms with Gasteiger partial charge in [0.15, 0.2) is 0 Å². The average Bonchev–Trinajstić information content (AvgIpc) is 2.34. The van der Waals surface area contributed by atoms with Gasteiger partial charge in [0.05, 0.1) is 0 Å². The Morgan fingerprint density at radius 3 is 2.32 bits per heavy atom. The van der Waals surface area contributed by atoms with E-state index in [9.17, 15) is 9.59 Å². The number of nitrogens with zero attached hydrogens (tertiary/aromatic N) is 1. The van der Waals surface area contributed by atoms with Crippen molar-refractivity contribution in [2.45, 2.75) is 32.7 Å². The number of hydrogen-bond acceptors (Lipinski definition) is 2. The monoisotopic (exact) mass is 375 g/mol.